The quantitative estimate of drug-likeness (QED) is 0.387. The molecule has 2 saturated carbocycles. The van der Waals surface area contributed by atoms with E-state index in [9.17, 15) is 4.79 Å². The summed E-state index contributed by atoms with van der Waals surface area (Å²) in [6.45, 7) is 6.70. The molecule has 0 aromatic carbocycles. The van der Waals surface area contributed by atoms with E-state index in [0.29, 0.717) is 30.0 Å². The fourth-order valence-corrected chi connectivity index (χ4v) is 5.51. The molecule has 38 heavy (non-hydrogen) atoms. The highest BCUT2D eigenvalue weighted by Crippen LogP contribution is 2.45. The Bertz CT molecular complexity index is 1360. The monoisotopic (exact) mass is 530 g/mol. The van der Waals surface area contributed by atoms with Crippen LogP contribution >= 0.6 is 11.8 Å². The zero-order valence-corrected chi connectivity index (χ0v) is 23.2. The normalized spacial score (nSPS) is 19.7. The second kappa shape index (κ2) is 10.2. The molecule has 0 radical (unpaired) electrons. The van der Waals surface area contributed by atoms with E-state index < -0.39 is 6.17 Å². The van der Waals surface area contributed by atoms with Crippen LogP contribution in [0.1, 0.15) is 68.4 Å². The van der Waals surface area contributed by atoms with Gasteiger partial charge in [0.1, 0.15) is 5.82 Å². The van der Waals surface area contributed by atoms with Crippen LogP contribution in [0.3, 0.4) is 0 Å². The molecule has 2 unspecified atom stereocenters. The van der Waals surface area contributed by atoms with Crippen molar-refractivity contribution < 1.29 is 4.79 Å². The lowest BCUT2D eigenvalue weighted by molar-refractivity contribution is -0.120. The van der Waals surface area contributed by atoms with E-state index in [0.717, 1.165) is 71.2 Å². The van der Waals surface area contributed by atoms with Crippen LogP contribution in [0.4, 0.5) is 11.5 Å². The maximum absolute atomic E-state index is 13.9. The number of hydrogen-bond acceptors (Lipinski definition) is 9. The Morgan fingerprint density at radius 3 is 2.61 bits per heavy atom. The van der Waals surface area contributed by atoms with Crippen molar-refractivity contribution in [2.75, 3.05) is 16.5 Å². The Balaban J connectivity index is 1.33. The predicted octanol–water partition coefficient (Wildman–Crippen LogP) is 4.47. The van der Waals surface area contributed by atoms with Gasteiger partial charge in [-0.3, -0.25) is 20.0 Å². The fraction of sp³-hybridized carbons (Fsp3) is 0.500. The number of fused-ring (bicyclic) bond motifs is 1. The highest BCUT2D eigenvalue weighted by molar-refractivity contribution is 7.98. The highest BCUT2D eigenvalue weighted by atomic mass is 32.2. The molecule has 0 saturated heterocycles. The minimum absolute atomic E-state index is 0.0287. The lowest BCUT2D eigenvalue weighted by atomic mass is 10.1. The summed E-state index contributed by atoms with van der Waals surface area (Å²) < 4.78 is 0. The number of nitrogens with zero attached hydrogens (tertiary/aromatic N) is 6. The van der Waals surface area contributed by atoms with Gasteiger partial charge < -0.3 is 5.32 Å². The number of pyridine rings is 1. The van der Waals surface area contributed by atoms with Gasteiger partial charge in [-0.2, -0.15) is 0 Å². The molecule has 0 bridgehead atoms. The largest absolute Gasteiger partial charge is 0.358 e. The van der Waals surface area contributed by atoms with Crippen molar-refractivity contribution in [3.05, 3.63) is 47.4 Å². The van der Waals surface area contributed by atoms with E-state index in [1.165, 1.54) is 0 Å². The third-order valence-electron chi connectivity index (χ3n) is 7.68. The molecular formula is C28H34N8OS. The average Bonchev–Trinajstić information content (AvgIpc) is 3.84. The summed E-state index contributed by atoms with van der Waals surface area (Å²) in [5.41, 5.74) is 4.50. The fourth-order valence-electron chi connectivity index (χ4n) is 5.15. The first-order chi connectivity index (χ1) is 18.5. The van der Waals surface area contributed by atoms with Gasteiger partial charge in [0.2, 0.25) is 0 Å². The Morgan fingerprint density at radius 1 is 1.13 bits per heavy atom. The van der Waals surface area contributed by atoms with E-state index in [1.54, 1.807) is 18.0 Å². The molecule has 0 spiro atoms. The molecule has 1 aliphatic heterocycles. The van der Waals surface area contributed by atoms with Crippen LogP contribution in [0.25, 0.3) is 11.4 Å². The van der Waals surface area contributed by atoms with Gasteiger partial charge in [0.15, 0.2) is 17.8 Å². The van der Waals surface area contributed by atoms with Gasteiger partial charge in [-0.05, 0) is 63.8 Å². The van der Waals surface area contributed by atoms with Gasteiger partial charge in [-0.15, -0.1) is 11.8 Å². The summed E-state index contributed by atoms with van der Waals surface area (Å²) in [5.74, 6) is 2.99. The number of aromatic nitrogens is 5. The number of amides is 1. The summed E-state index contributed by atoms with van der Waals surface area (Å²) in [6.07, 6.45) is 10.4. The molecule has 2 fully saturated rings. The van der Waals surface area contributed by atoms with E-state index in [2.05, 4.69) is 29.5 Å². The van der Waals surface area contributed by atoms with Crippen LogP contribution in [-0.2, 0) is 17.8 Å². The van der Waals surface area contributed by atoms with E-state index in [4.69, 9.17) is 19.9 Å². The molecule has 198 valence electrons. The van der Waals surface area contributed by atoms with Gasteiger partial charge in [0.05, 0.1) is 34.5 Å². The topological polar surface area (TPSA) is 109 Å². The van der Waals surface area contributed by atoms with E-state index in [1.807, 2.05) is 36.4 Å². The average molecular weight is 531 g/mol. The Labute approximate surface area is 227 Å². The number of hydrogen-bond donors (Lipinski definition) is 2. The first kappa shape index (κ1) is 25.2. The highest BCUT2D eigenvalue weighted by Gasteiger charge is 2.42. The molecule has 9 nitrogen and oxygen atoms in total. The van der Waals surface area contributed by atoms with Gasteiger partial charge in [0, 0.05) is 36.0 Å². The number of carbonyl (C=O) groups excluding carboxylic acids is 1. The molecule has 3 aromatic heterocycles. The predicted molar refractivity (Wildman–Crippen MR) is 149 cm³/mol. The maximum atomic E-state index is 13.9. The third kappa shape index (κ3) is 4.87. The van der Waals surface area contributed by atoms with Crippen molar-refractivity contribution in [1.29, 1.82) is 0 Å². The standard InChI is InChI=1S/C28H34N8OS/c1-5-22-32-15(2)23(24(34-22)18-8-9-18)25-31-14-21-27(35-25)36(16(3)17-6-7-17)28(37)26(33-21)30-12-19-10-11-20(38-4)13-29-19/h10-11,13-14,16-18,26,30,33H,5-9,12H2,1-4H3. The minimum atomic E-state index is -0.587. The Hall–Kier alpha value is -3.11. The third-order valence-corrected chi connectivity index (χ3v) is 8.39. The van der Waals surface area contributed by atoms with Crippen molar-refractivity contribution in [3.63, 3.8) is 0 Å². The molecule has 2 aliphatic carbocycles. The lowest BCUT2D eigenvalue weighted by Gasteiger charge is -2.38. The smallest absolute Gasteiger partial charge is 0.266 e. The number of aryl methyl sites for hydroxylation is 2. The van der Waals surface area contributed by atoms with Gasteiger partial charge >= 0.3 is 0 Å². The Kier molecular flexibility index (Phi) is 6.77. The van der Waals surface area contributed by atoms with Crippen molar-refractivity contribution >= 4 is 29.2 Å². The minimum Gasteiger partial charge on any atom is -0.358 e. The van der Waals surface area contributed by atoms with Crippen molar-refractivity contribution in [3.8, 4) is 11.4 Å². The first-order valence-corrected chi connectivity index (χ1v) is 14.8. The molecule has 3 aromatic rings. The number of carbonyl (C=O) groups is 1. The van der Waals surface area contributed by atoms with Gasteiger partial charge in [0.25, 0.3) is 5.91 Å². The molecule has 1 amide bonds. The number of anilines is 2. The molecular weight excluding hydrogens is 496 g/mol. The molecule has 10 heteroatoms. The number of thioether (sulfide) groups is 1. The SMILES string of the molecule is CCc1nc(C)c(-c2ncc3c(n2)N(C(C)C2CC2)C(=O)C(NCc2ccc(SC)cn2)N3)c(C2CC2)n1. The molecule has 2 atom stereocenters. The zero-order chi connectivity index (χ0) is 26.4. The van der Waals surface area contributed by atoms with Crippen molar-refractivity contribution in [2.45, 2.75) is 82.4 Å². The molecule has 4 heterocycles. The molecule has 2 N–H and O–H groups in total. The molecule has 3 aliphatic rings. The zero-order valence-electron chi connectivity index (χ0n) is 22.4. The summed E-state index contributed by atoms with van der Waals surface area (Å²) in [5, 5.41) is 6.72. The Morgan fingerprint density at radius 2 is 1.95 bits per heavy atom. The van der Waals surface area contributed by atoms with Crippen LogP contribution in [0.5, 0.6) is 0 Å². The van der Waals surface area contributed by atoms with Crippen LogP contribution in [-0.4, -0.2) is 49.3 Å². The van der Waals surface area contributed by atoms with E-state index >= 15 is 0 Å². The summed E-state index contributed by atoms with van der Waals surface area (Å²) in [7, 11) is 0. The second-order valence-electron chi connectivity index (χ2n) is 10.5. The summed E-state index contributed by atoms with van der Waals surface area (Å²) >= 11 is 1.66. The van der Waals surface area contributed by atoms with E-state index in [-0.39, 0.29) is 11.9 Å². The van der Waals surface area contributed by atoms with Crippen LogP contribution in [0.15, 0.2) is 29.4 Å². The lowest BCUT2D eigenvalue weighted by Crippen LogP contribution is -2.57. The second-order valence-corrected chi connectivity index (χ2v) is 11.4. The van der Waals surface area contributed by atoms with Crippen molar-refractivity contribution in [1.82, 2.24) is 30.2 Å². The molecule has 6 rings (SSSR count). The van der Waals surface area contributed by atoms with Gasteiger partial charge in [-0.25, -0.2) is 19.9 Å². The maximum Gasteiger partial charge on any atom is 0.266 e. The number of nitrogens with one attached hydrogen (secondary N) is 2. The summed E-state index contributed by atoms with van der Waals surface area (Å²) in [6, 6.07) is 4.09. The summed E-state index contributed by atoms with van der Waals surface area (Å²) in [4.78, 5) is 40.8. The van der Waals surface area contributed by atoms with Crippen LogP contribution in [0, 0.1) is 12.8 Å². The van der Waals surface area contributed by atoms with Gasteiger partial charge in [-0.1, -0.05) is 6.92 Å². The van der Waals surface area contributed by atoms with Crippen LogP contribution < -0.4 is 15.5 Å². The van der Waals surface area contributed by atoms with Crippen molar-refractivity contribution in [2.24, 2.45) is 5.92 Å². The first-order valence-electron chi connectivity index (χ1n) is 13.5. The number of rotatable bonds is 9. The van der Waals surface area contributed by atoms with Crippen LogP contribution in [0.2, 0.25) is 0 Å².